The van der Waals surface area contributed by atoms with E-state index in [-0.39, 0.29) is 0 Å². The number of hydrogen-bond donors (Lipinski definition) is 0. The van der Waals surface area contributed by atoms with Crippen molar-refractivity contribution in [3.8, 4) is 51.0 Å². The lowest BCUT2D eigenvalue weighted by Gasteiger charge is -2.13. The predicted octanol–water partition coefficient (Wildman–Crippen LogP) is 12.1. The fourth-order valence-corrected chi connectivity index (χ4v) is 8.53. The van der Waals surface area contributed by atoms with E-state index in [0.717, 1.165) is 82.9 Å². The predicted molar refractivity (Wildman–Crippen MR) is 235 cm³/mol. The Kier molecular flexibility index (Phi) is 7.09. The van der Waals surface area contributed by atoms with Crippen molar-refractivity contribution in [2.75, 3.05) is 0 Å². The third-order valence-corrected chi connectivity index (χ3v) is 11.2. The lowest BCUT2D eigenvalue weighted by atomic mass is 9.99. The number of pyridine rings is 2. The number of hydrogen-bond acceptors (Lipinski definition) is 5. The fourth-order valence-electron chi connectivity index (χ4n) is 8.53. The summed E-state index contributed by atoms with van der Waals surface area (Å²) >= 11 is 0. The zero-order chi connectivity index (χ0) is 38.2. The Labute approximate surface area is 332 Å². The highest BCUT2D eigenvalue weighted by atomic mass is 15.0. The molecule has 12 aromatic rings. The molecule has 0 aliphatic rings. The van der Waals surface area contributed by atoms with E-state index >= 15 is 0 Å². The van der Waals surface area contributed by atoms with Crippen molar-refractivity contribution in [3.63, 3.8) is 0 Å². The normalized spacial score (nSPS) is 11.8. The van der Waals surface area contributed by atoms with Crippen LogP contribution < -0.4 is 0 Å². The molecular formula is C51H31N7. The lowest BCUT2D eigenvalue weighted by Crippen LogP contribution is -2.01. The second kappa shape index (κ2) is 12.8. The summed E-state index contributed by atoms with van der Waals surface area (Å²) < 4.78 is 4.68. The number of fused-ring (bicyclic) bond motifs is 11. The van der Waals surface area contributed by atoms with Crippen LogP contribution in [-0.2, 0) is 0 Å². The van der Waals surface area contributed by atoms with Crippen LogP contribution in [0.2, 0.25) is 0 Å². The number of nitrogens with zero attached hydrogens (tertiary/aromatic N) is 7. The highest BCUT2D eigenvalue weighted by Crippen LogP contribution is 2.41. The molecule has 0 spiro atoms. The Bertz CT molecular complexity index is 3500. The third kappa shape index (κ3) is 5.04. The van der Waals surface area contributed by atoms with Crippen LogP contribution >= 0.6 is 0 Å². The van der Waals surface area contributed by atoms with Crippen molar-refractivity contribution >= 4 is 60.2 Å². The first-order valence-electron chi connectivity index (χ1n) is 19.3. The zero-order valence-electron chi connectivity index (χ0n) is 31.0. The topological polar surface area (TPSA) is 73.8 Å². The second-order valence-electron chi connectivity index (χ2n) is 14.6. The summed E-state index contributed by atoms with van der Waals surface area (Å²) in [6, 6.07) is 61.3. The smallest absolute Gasteiger partial charge is 0.164 e. The van der Waals surface area contributed by atoms with Crippen LogP contribution in [-0.4, -0.2) is 33.9 Å². The van der Waals surface area contributed by atoms with Gasteiger partial charge in [-0.15, -0.1) is 0 Å². The summed E-state index contributed by atoms with van der Waals surface area (Å²) in [4.78, 5) is 24.7. The van der Waals surface area contributed by atoms with Crippen LogP contribution in [0.15, 0.2) is 188 Å². The highest BCUT2D eigenvalue weighted by molar-refractivity contribution is 6.22. The van der Waals surface area contributed by atoms with Gasteiger partial charge in [-0.25, -0.2) is 19.9 Å². The number of benzene rings is 7. The molecule has 0 unspecified atom stereocenters. The molecule has 0 amide bonds. The fraction of sp³-hybridized carbons (Fsp3) is 0. The summed E-state index contributed by atoms with van der Waals surface area (Å²) in [5.74, 6) is 1.88. The molecule has 0 aliphatic heterocycles. The Morgan fingerprint density at radius 1 is 0.345 bits per heavy atom. The maximum absolute atomic E-state index is 5.28. The van der Waals surface area contributed by atoms with Crippen LogP contribution in [0, 0.1) is 0 Å². The van der Waals surface area contributed by atoms with Crippen LogP contribution in [0.25, 0.3) is 111 Å². The number of imidazole rings is 1. The minimum Gasteiger partial charge on any atom is -0.309 e. The van der Waals surface area contributed by atoms with Gasteiger partial charge in [-0.3, -0.25) is 9.38 Å². The van der Waals surface area contributed by atoms with Gasteiger partial charge in [0.2, 0.25) is 0 Å². The molecule has 0 N–H and O–H groups in total. The Morgan fingerprint density at radius 2 is 1.00 bits per heavy atom. The largest absolute Gasteiger partial charge is 0.309 e. The Hall–Kier alpha value is -8.03. The summed E-state index contributed by atoms with van der Waals surface area (Å²) in [6.45, 7) is 0. The molecule has 7 heteroatoms. The molecule has 12 rings (SSSR count). The molecule has 0 saturated carbocycles. The lowest BCUT2D eigenvalue weighted by molar-refractivity contribution is 1.07. The van der Waals surface area contributed by atoms with Gasteiger partial charge < -0.3 is 4.57 Å². The van der Waals surface area contributed by atoms with Crippen molar-refractivity contribution < 1.29 is 0 Å². The molecular weight excluding hydrogens is 711 g/mol. The quantitative estimate of drug-likeness (QED) is 0.164. The molecule has 0 bridgehead atoms. The Balaban J connectivity index is 1.13. The van der Waals surface area contributed by atoms with E-state index in [0.29, 0.717) is 17.5 Å². The summed E-state index contributed by atoms with van der Waals surface area (Å²) in [7, 11) is 0. The van der Waals surface area contributed by atoms with E-state index in [1.165, 1.54) is 10.8 Å². The molecule has 270 valence electrons. The van der Waals surface area contributed by atoms with Gasteiger partial charge in [-0.2, -0.15) is 0 Å². The van der Waals surface area contributed by atoms with E-state index < -0.39 is 0 Å². The minimum atomic E-state index is 0.613. The molecule has 0 fully saturated rings. The van der Waals surface area contributed by atoms with Crippen LogP contribution in [0.3, 0.4) is 0 Å². The monoisotopic (exact) mass is 741 g/mol. The molecule has 7 aromatic carbocycles. The first kappa shape index (κ1) is 32.2. The van der Waals surface area contributed by atoms with Crippen molar-refractivity contribution in [3.05, 3.63) is 188 Å². The van der Waals surface area contributed by atoms with Crippen molar-refractivity contribution in [2.24, 2.45) is 0 Å². The van der Waals surface area contributed by atoms with Crippen LogP contribution in [0.4, 0.5) is 0 Å². The molecule has 58 heavy (non-hydrogen) atoms. The number of rotatable bonds is 5. The molecule has 5 aromatic heterocycles. The SMILES string of the molecule is c1ccc(-c2nc(-c3ccccc3)nc(-c3cccc(-n4c5ccccc5c5cc6c7cc(-c8cccnc8)ccc7n7c8ccccc8nc7c6cc54)c3)n2)cc1. The number of para-hydroxylation sites is 3. The van der Waals surface area contributed by atoms with Gasteiger partial charge in [0, 0.05) is 61.9 Å². The van der Waals surface area contributed by atoms with E-state index in [4.69, 9.17) is 19.9 Å². The van der Waals surface area contributed by atoms with E-state index in [1.807, 2.05) is 79.1 Å². The van der Waals surface area contributed by atoms with E-state index in [2.05, 4.69) is 123 Å². The minimum absolute atomic E-state index is 0.613. The van der Waals surface area contributed by atoms with Crippen molar-refractivity contribution in [1.29, 1.82) is 0 Å². The molecule has 5 heterocycles. The first-order valence-corrected chi connectivity index (χ1v) is 19.3. The molecule has 0 radical (unpaired) electrons. The number of aromatic nitrogens is 7. The standard InChI is InChI=1S/C51H31N7/c1-3-13-32(14-4-1)48-54-49(33-15-5-2-6-16-33)56-50(55-48)35-17-11-19-37(27-35)57-44-22-9-7-20-38(44)41-29-39-40-28-34(36-18-12-26-52-31-36)24-25-45(40)58-46-23-10-8-21-43(46)53-51(58)42(39)30-47(41)57/h1-31H. The summed E-state index contributed by atoms with van der Waals surface area (Å²) in [5.41, 5.74) is 12.3. The third-order valence-electron chi connectivity index (χ3n) is 11.2. The van der Waals surface area contributed by atoms with Gasteiger partial charge in [0.1, 0.15) is 5.65 Å². The van der Waals surface area contributed by atoms with Crippen LogP contribution in [0.5, 0.6) is 0 Å². The van der Waals surface area contributed by atoms with Gasteiger partial charge >= 0.3 is 0 Å². The van der Waals surface area contributed by atoms with E-state index in [1.54, 1.807) is 0 Å². The Morgan fingerprint density at radius 3 is 1.76 bits per heavy atom. The van der Waals surface area contributed by atoms with Gasteiger partial charge in [-0.05, 0) is 71.6 Å². The first-order chi connectivity index (χ1) is 28.7. The average Bonchev–Trinajstić information content (AvgIpc) is 3.85. The van der Waals surface area contributed by atoms with Crippen LogP contribution in [0.1, 0.15) is 0 Å². The average molecular weight is 742 g/mol. The zero-order valence-corrected chi connectivity index (χ0v) is 31.0. The van der Waals surface area contributed by atoms with E-state index in [9.17, 15) is 0 Å². The maximum atomic E-state index is 5.28. The molecule has 7 nitrogen and oxygen atoms in total. The maximum Gasteiger partial charge on any atom is 0.164 e. The molecule has 0 atom stereocenters. The molecule has 0 aliphatic carbocycles. The van der Waals surface area contributed by atoms with Crippen molar-refractivity contribution in [2.45, 2.75) is 0 Å². The van der Waals surface area contributed by atoms with Gasteiger partial charge in [0.25, 0.3) is 0 Å². The van der Waals surface area contributed by atoms with Crippen molar-refractivity contribution in [1.82, 2.24) is 33.9 Å². The van der Waals surface area contributed by atoms with Gasteiger partial charge in [0.15, 0.2) is 17.5 Å². The summed E-state index contributed by atoms with van der Waals surface area (Å²) in [5, 5.41) is 5.73. The highest BCUT2D eigenvalue weighted by Gasteiger charge is 2.20. The summed E-state index contributed by atoms with van der Waals surface area (Å²) in [6.07, 6.45) is 3.74. The van der Waals surface area contributed by atoms with Gasteiger partial charge in [-0.1, -0.05) is 115 Å². The van der Waals surface area contributed by atoms with Gasteiger partial charge in [0.05, 0.1) is 27.6 Å². The second-order valence-corrected chi connectivity index (χ2v) is 14.6. The molecule has 0 saturated heterocycles.